The first-order valence-electron chi connectivity index (χ1n) is 4.04. The fraction of sp³-hybridized carbons (Fsp3) is 0.875. The molecule has 1 aliphatic rings. The number of carbonyl (C=O) groups is 1. The molecule has 0 aromatic rings. The minimum absolute atomic E-state index is 0.208. The predicted molar refractivity (Wildman–Crippen MR) is 44.3 cm³/mol. The van der Waals surface area contributed by atoms with E-state index in [9.17, 15) is 4.79 Å². The molecule has 1 heterocycles. The Kier molecular flexibility index (Phi) is 2.49. The number of hydrogen-bond acceptors (Lipinski definition) is 2. The second-order valence-corrected chi connectivity index (χ2v) is 3.60. The Bertz CT molecular complexity index is 156. The molecule has 11 heavy (non-hydrogen) atoms. The van der Waals surface area contributed by atoms with Crippen molar-refractivity contribution in [2.45, 2.75) is 19.4 Å². The van der Waals surface area contributed by atoms with Gasteiger partial charge in [-0.1, -0.05) is 0 Å². The van der Waals surface area contributed by atoms with E-state index in [0.717, 1.165) is 13.0 Å². The summed E-state index contributed by atoms with van der Waals surface area (Å²) >= 11 is 0. The molecule has 2 atom stereocenters. The minimum Gasteiger partial charge on any atom is -0.353 e. The van der Waals surface area contributed by atoms with Crippen molar-refractivity contribution in [3.63, 3.8) is 0 Å². The molecular formula is C8H16N2O. The summed E-state index contributed by atoms with van der Waals surface area (Å²) in [6.45, 7) is 2.92. The van der Waals surface area contributed by atoms with Crippen LogP contribution in [0.4, 0.5) is 0 Å². The van der Waals surface area contributed by atoms with E-state index in [1.54, 1.807) is 0 Å². The summed E-state index contributed by atoms with van der Waals surface area (Å²) in [5.74, 6) is 0.422. The monoisotopic (exact) mass is 156 g/mol. The Hall–Kier alpha value is -0.570. The van der Waals surface area contributed by atoms with Crippen molar-refractivity contribution in [1.82, 2.24) is 10.2 Å². The molecule has 1 aliphatic heterocycles. The van der Waals surface area contributed by atoms with Gasteiger partial charge >= 0.3 is 0 Å². The highest BCUT2D eigenvalue weighted by Crippen LogP contribution is 2.14. The zero-order chi connectivity index (χ0) is 8.43. The molecule has 0 aliphatic carbocycles. The fourth-order valence-electron chi connectivity index (χ4n) is 1.55. The number of rotatable bonds is 2. The fourth-order valence-corrected chi connectivity index (χ4v) is 1.55. The molecule has 3 heteroatoms. The van der Waals surface area contributed by atoms with Crippen molar-refractivity contribution in [2.24, 2.45) is 5.92 Å². The Morgan fingerprint density at radius 3 is 2.64 bits per heavy atom. The predicted octanol–water partition coefficient (Wildman–Crippen LogP) is 0.0726. The molecule has 1 saturated heterocycles. The summed E-state index contributed by atoms with van der Waals surface area (Å²) in [7, 11) is 3.99. The first-order valence-corrected chi connectivity index (χ1v) is 4.04. The van der Waals surface area contributed by atoms with Gasteiger partial charge in [0.25, 0.3) is 0 Å². The molecule has 0 aromatic heterocycles. The van der Waals surface area contributed by atoms with Crippen LogP contribution in [-0.2, 0) is 4.79 Å². The van der Waals surface area contributed by atoms with E-state index in [2.05, 4.69) is 10.2 Å². The van der Waals surface area contributed by atoms with Crippen molar-refractivity contribution in [3.8, 4) is 0 Å². The lowest BCUT2D eigenvalue weighted by Crippen LogP contribution is -2.28. The summed E-state index contributed by atoms with van der Waals surface area (Å²) in [6, 6.07) is 0.368. The Morgan fingerprint density at radius 1 is 1.64 bits per heavy atom. The molecule has 1 rings (SSSR count). The smallest absolute Gasteiger partial charge is 0.224 e. The van der Waals surface area contributed by atoms with E-state index >= 15 is 0 Å². The molecule has 0 radical (unpaired) electrons. The third-order valence-electron chi connectivity index (χ3n) is 1.98. The van der Waals surface area contributed by atoms with E-state index in [1.165, 1.54) is 0 Å². The second kappa shape index (κ2) is 3.22. The lowest BCUT2D eigenvalue weighted by molar-refractivity contribution is -0.122. The highest BCUT2D eigenvalue weighted by Gasteiger charge is 2.29. The Labute approximate surface area is 67.8 Å². The largest absolute Gasteiger partial charge is 0.353 e. The third-order valence-corrected chi connectivity index (χ3v) is 1.98. The average Bonchev–Trinajstić information content (AvgIpc) is 2.09. The zero-order valence-electron chi connectivity index (χ0n) is 7.42. The molecule has 1 N–H and O–H groups in total. The number of nitrogens with zero attached hydrogens (tertiary/aromatic N) is 1. The average molecular weight is 156 g/mol. The van der Waals surface area contributed by atoms with E-state index in [0.29, 0.717) is 6.04 Å². The van der Waals surface area contributed by atoms with Crippen molar-refractivity contribution in [2.75, 3.05) is 20.6 Å². The quantitative estimate of drug-likeness (QED) is 0.613. The van der Waals surface area contributed by atoms with Crippen LogP contribution in [0.3, 0.4) is 0 Å². The number of hydrogen-bond donors (Lipinski definition) is 1. The summed E-state index contributed by atoms with van der Waals surface area (Å²) in [4.78, 5) is 13.2. The van der Waals surface area contributed by atoms with Gasteiger partial charge in [0, 0.05) is 12.6 Å². The van der Waals surface area contributed by atoms with Crippen LogP contribution in [0.5, 0.6) is 0 Å². The summed E-state index contributed by atoms with van der Waals surface area (Å²) in [5.41, 5.74) is 0. The van der Waals surface area contributed by atoms with Gasteiger partial charge in [-0.05, 0) is 27.4 Å². The second-order valence-electron chi connectivity index (χ2n) is 3.60. The van der Waals surface area contributed by atoms with E-state index < -0.39 is 0 Å². The van der Waals surface area contributed by atoms with Crippen molar-refractivity contribution < 1.29 is 4.79 Å². The molecule has 64 valence electrons. The first kappa shape index (κ1) is 8.53. The van der Waals surface area contributed by atoms with Gasteiger partial charge in [-0.25, -0.2) is 0 Å². The van der Waals surface area contributed by atoms with Gasteiger partial charge < -0.3 is 10.2 Å². The number of nitrogens with one attached hydrogen (secondary N) is 1. The van der Waals surface area contributed by atoms with Gasteiger partial charge in [0.15, 0.2) is 0 Å². The highest BCUT2D eigenvalue weighted by atomic mass is 16.2. The first-order chi connectivity index (χ1) is 5.09. The number of amides is 1. The van der Waals surface area contributed by atoms with Crippen molar-refractivity contribution in [1.29, 1.82) is 0 Å². The van der Waals surface area contributed by atoms with Crippen LogP contribution in [-0.4, -0.2) is 37.5 Å². The Morgan fingerprint density at radius 2 is 2.27 bits per heavy atom. The van der Waals surface area contributed by atoms with Crippen LogP contribution < -0.4 is 5.32 Å². The van der Waals surface area contributed by atoms with E-state index in [4.69, 9.17) is 0 Å². The molecule has 1 amide bonds. The lowest BCUT2D eigenvalue weighted by atomic mass is 10.1. The van der Waals surface area contributed by atoms with Gasteiger partial charge in [0.2, 0.25) is 5.91 Å². The molecule has 1 fully saturated rings. The number of carbonyl (C=O) groups excluding carboxylic acids is 1. The molecule has 1 unspecified atom stereocenters. The van der Waals surface area contributed by atoms with Crippen molar-refractivity contribution >= 4 is 5.91 Å². The van der Waals surface area contributed by atoms with Crippen LogP contribution in [0.25, 0.3) is 0 Å². The van der Waals surface area contributed by atoms with Crippen LogP contribution in [0.1, 0.15) is 13.3 Å². The zero-order valence-corrected chi connectivity index (χ0v) is 7.42. The van der Waals surface area contributed by atoms with Crippen molar-refractivity contribution in [3.05, 3.63) is 0 Å². The normalized spacial score (nSPS) is 31.1. The maximum Gasteiger partial charge on any atom is 0.224 e. The highest BCUT2D eigenvalue weighted by molar-refractivity contribution is 5.81. The van der Waals surface area contributed by atoms with Crippen LogP contribution >= 0.6 is 0 Å². The van der Waals surface area contributed by atoms with E-state index in [-0.39, 0.29) is 11.8 Å². The topological polar surface area (TPSA) is 32.3 Å². The summed E-state index contributed by atoms with van der Waals surface area (Å²) in [6.07, 6.45) is 0.983. The van der Waals surface area contributed by atoms with E-state index in [1.807, 2.05) is 21.0 Å². The third kappa shape index (κ3) is 2.19. The van der Waals surface area contributed by atoms with Gasteiger partial charge in [-0.2, -0.15) is 0 Å². The minimum atomic E-state index is 0.208. The molecule has 0 spiro atoms. The standard InChI is InChI=1S/C8H16N2O/c1-6-4-7(5-10(2)3)8(11)9-6/h6-7H,4-5H2,1-3H3,(H,9,11)/t6?,7-/m1/s1. The molecular weight excluding hydrogens is 140 g/mol. The van der Waals surface area contributed by atoms with Crippen LogP contribution in [0.2, 0.25) is 0 Å². The summed E-state index contributed by atoms with van der Waals surface area (Å²) in [5, 5.41) is 2.91. The maximum absolute atomic E-state index is 11.2. The van der Waals surface area contributed by atoms with Crippen LogP contribution in [0, 0.1) is 5.92 Å². The molecule has 0 aromatic carbocycles. The van der Waals surface area contributed by atoms with Crippen LogP contribution in [0.15, 0.2) is 0 Å². The molecule has 3 nitrogen and oxygen atoms in total. The summed E-state index contributed by atoms with van der Waals surface area (Å²) < 4.78 is 0. The van der Waals surface area contributed by atoms with Gasteiger partial charge in [-0.15, -0.1) is 0 Å². The Balaban J connectivity index is 2.41. The maximum atomic E-state index is 11.2. The molecule has 0 saturated carbocycles. The van der Waals surface area contributed by atoms with Gasteiger partial charge in [-0.3, -0.25) is 4.79 Å². The molecule has 0 bridgehead atoms. The lowest BCUT2D eigenvalue weighted by Gasteiger charge is -2.12. The van der Waals surface area contributed by atoms with Gasteiger partial charge in [0.05, 0.1) is 5.92 Å². The SMILES string of the molecule is CC1C[C@H](CN(C)C)C(=O)N1. The van der Waals surface area contributed by atoms with Gasteiger partial charge in [0.1, 0.15) is 0 Å².